The summed E-state index contributed by atoms with van der Waals surface area (Å²) in [5.41, 5.74) is 9.96. The van der Waals surface area contributed by atoms with Gasteiger partial charge in [0.15, 0.2) is 0 Å². The molecule has 0 radical (unpaired) electrons. The van der Waals surface area contributed by atoms with Crippen molar-refractivity contribution in [1.82, 2.24) is 5.32 Å². The van der Waals surface area contributed by atoms with Crippen LogP contribution in [0, 0.1) is 0 Å². The fourth-order valence-corrected chi connectivity index (χ4v) is 0.582. The van der Waals surface area contributed by atoms with Crippen LogP contribution in [0.15, 0.2) is 0 Å². The molecule has 8 N–H and O–H groups in total. The van der Waals surface area contributed by atoms with Gasteiger partial charge in [0.1, 0.15) is 6.04 Å². The molecular formula is C8H19N3O5. The van der Waals surface area contributed by atoms with E-state index in [9.17, 15) is 9.59 Å². The fraction of sp³-hybridized carbons (Fsp3) is 0.750. The average Bonchev–Trinajstić information content (AvgIpc) is 2.18. The van der Waals surface area contributed by atoms with Gasteiger partial charge in [0.2, 0.25) is 0 Å². The Morgan fingerprint density at radius 3 is 2.06 bits per heavy atom. The molecule has 96 valence electrons. The Labute approximate surface area is 93.2 Å². The van der Waals surface area contributed by atoms with Crippen LogP contribution in [0.4, 0.5) is 0 Å². The van der Waals surface area contributed by atoms with E-state index < -0.39 is 24.4 Å². The Bertz CT molecular complexity index is 196. The number of hydrogen-bond acceptors (Lipinski definition) is 6. The van der Waals surface area contributed by atoms with Crippen molar-refractivity contribution in [2.75, 3.05) is 26.2 Å². The van der Waals surface area contributed by atoms with Crippen molar-refractivity contribution in [2.45, 2.75) is 12.5 Å². The summed E-state index contributed by atoms with van der Waals surface area (Å²) < 4.78 is 0. The van der Waals surface area contributed by atoms with Gasteiger partial charge in [0.05, 0.1) is 13.0 Å². The van der Waals surface area contributed by atoms with E-state index in [2.05, 4.69) is 5.32 Å². The number of aliphatic hydroxyl groups is 1. The molecule has 16 heavy (non-hydrogen) atoms. The number of aliphatic carboxylic acids is 2. The number of nitrogens with two attached hydrogens (primary N) is 2. The Balaban J connectivity index is 0. The molecule has 0 aromatic heterocycles. The number of carboxylic acids is 2. The molecule has 0 amide bonds. The van der Waals surface area contributed by atoms with Gasteiger partial charge in [-0.05, 0) is 0 Å². The molecule has 0 spiro atoms. The van der Waals surface area contributed by atoms with Crippen molar-refractivity contribution >= 4 is 11.9 Å². The van der Waals surface area contributed by atoms with Gasteiger partial charge in [-0.3, -0.25) is 9.59 Å². The van der Waals surface area contributed by atoms with Crippen molar-refractivity contribution in [3.05, 3.63) is 0 Å². The summed E-state index contributed by atoms with van der Waals surface area (Å²) in [7, 11) is 0. The lowest BCUT2D eigenvalue weighted by molar-refractivity contribution is -0.144. The fourth-order valence-electron chi connectivity index (χ4n) is 0.582. The molecule has 0 aromatic rings. The largest absolute Gasteiger partial charge is 0.481 e. The smallest absolute Gasteiger partial charge is 0.321 e. The Hall–Kier alpha value is -1.22. The lowest BCUT2D eigenvalue weighted by Crippen LogP contribution is -2.32. The number of nitrogens with one attached hydrogen (secondary N) is 1. The molecule has 0 rings (SSSR count). The van der Waals surface area contributed by atoms with Crippen LogP contribution >= 0.6 is 0 Å². The number of hydrogen-bond donors (Lipinski definition) is 6. The molecule has 0 aliphatic rings. The van der Waals surface area contributed by atoms with Crippen molar-refractivity contribution in [3.63, 3.8) is 0 Å². The van der Waals surface area contributed by atoms with Crippen LogP contribution in [-0.4, -0.2) is 59.5 Å². The monoisotopic (exact) mass is 237 g/mol. The SMILES string of the molecule is NC(CC(=O)O)C(=O)O.NCCNCCO. The Morgan fingerprint density at radius 2 is 1.81 bits per heavy atom. The van der Waals surface area contributed by atoms with Crippen LogP contribution in [0.2, 0.25) is 0 Å². The van der Waals surface area contributed by atoms with E-state index in [1.165, 1.54) is 0 Å². The first kappa shape index (κ1) is 17.2. The van der Waals surface area contributed by atoms with Gasteiger partial charge in [0.25, 0.3) is 0 Å². The number of carbonyl (C=O) groups is 2. The summed E-state index contributed by atoms with van der Waals surface area (Å²) in [6.45, 7) is 2.28. The normalized spacial score (nSPS) is 11.2. The quantitative estimate of drug-likeness (QED) is 0.263. The van der Waals surface area contributed by atoms with Crippen LogP contribution in [0.3, 0.4) is 0 Å². The van der Waals surface area contributed by atoms with Crippen LogP contribution in [0.25, 0.3) is 0 Å². The van der Waals surface area contributed by atoms with Crippen LogP contribution in [-0.2, 0) is 9.59 Å². The van der Waals surface area contributed by atoms with Gasteiger partial charge >= 0.3 is 11.9 Å². The van der Waals surface area contributed by atoms with Gasteiger partial charge in [-0.1, -0.05) is 0 Å². The third kappa shape index (κ3) is 15.3. The molecule has 0 bridgehead atoms. The maximum absolute atomic E-state index is 9.85. The summed E-state index contributed by atoms with van der Waals surface area (Å²) in [6.07, 6.45) is -0.532. The third-order valence-electron chi connectivity index (χ3n) is 1.32. The predicted octanol–water partition coefficient (Wildman–Crippen LogP) is -2.60. The predicted molar refractivity (Wildman–Crippen MR) is 56.9 cm³/mol. The Kier molecular flexibility index (Phi) is 12.7. The summed E-state index contributed by atoms with van der Waals surface area (Å²) >= 11 is 0. The topological polar surface area (TPSA) is 159 Å². The van der Waals surface area contributed by atoms with E-state index in [1.807, 2.05) is 0 Å². The minimum atomic E-state index is -1.29. The molecule has 1 atom stereocenters. The van der Waals surface area contributed by atoms with Crippen molar-refractivity contribution in [3.8, 4) is 0 Å². The highest BCUT2D eigenvalue weighted by molar-refractivity contribution is 5.80. The molecule has 0 saturated carbocycles. The molecule has 8 heteroatoms. The molecule has 0 fully saturated rings. The standard InChI is InChI=1S/C4H12N2O.C4H7NO4/c5-1-2-6-3-4-7;5-2(4(8)9)1-3(6)7/h6-7H,1-5H2;2H,1,5H2,(H,6,7)(H,8,9). The lowest BCUT2D eigenvalue weighted by atomic mass is 10.2. The van der Waals surface area contributed by atoms with E-state index >= 15 is 0 Å². The molecule has 8 nitrogen and oxygen atoms in total. The summed E-state index contributed by atoms with van der Waals surface area (Å²) in [5.74, 6) is -2.50. The highest BCUT2D eigenvalue weighted by Gasteiger charge is 2.14. The van der Waals surface area contributed by atoms with E-state index in [4.69, 9.17) is 26.8 Å². The maximum Gasteiger partial charge on any atom is 0.321 e. The van der Waals surface area contributed by atoms with Crippen molar-refractivity contribution < 1.29 is 24.9 Å². The summed E-state index contributed by atoms with van der Waals surface area (Å²) in [4.78, 5) is 19.6. The molecule has 0 heterocycles. The number of aliphatic hydroxyl groups excluding tert-OH is 1. The van der Waals surface area contributed by atoms with E-state index in [-0.39, 0.29) is 6.61 Å². The first-order chi connectivity index (χ1) is 7.45. The third-order valence-corrected chi connectivity index (χ3v) is 1.32. The molecular weight excluding hydrogens is 218 g/mol. The Morgan fingerprint density at radius 1 is 1.25 bits per heavy atom. The molecule has 1 unspecified atom stereocenters. The van der Waals surface area contributed by atoms with E-state index in [0.29, 0.717) is 13.1 Å². The molecule has 0 aliphatic carbocycles. The van der Waals surface area contributed by atoms with Gasteiger partial charge < -0.3 is 32.1 Å². The number of rotatable bonds is 7. The molecule has 0 saturated heterocycles. The first-order valence-electron chi connectivity index (χ1n) is 4.67. The second kappa shape index (κ2) is 11.9. The van der Waals surface area contributed by atoms with Gasteiger partial charge in [-0.25, -0.2) is 0 Å². The van der Waals surface area contributed by atoms with Crippen LogP contribution in [0.5, 0.6) is 0 Å². The molecule has 0 aliphatic heterocycles. The zero-order valence-electron chi connectivity index (χ0n) is 8.93. The minimum absolute atomic E-state index is 0.194. The van der Waals surface area contributed by atoms with Crippen LogP contribution in [0.1, 0.15) is 6.42 Å². The minimum Gasteiger partial charge on any atom is -0.481 e. The highest BCUT2D eigenvalue weighted by atomic mass is 16.4. The van der Waals surface area contributed by atoms with Gasteiger partial charge in [-0.2, -0.15) is 0 Å². The lowest BCUT2D eigenvalue weighted by Gasteiger charge is -1.99. The van der Waals surface area contributed by atoms with Gasteiger partial charge in [0, 0.05) is 19.6 Å². The molecule has 0 aromatic carbocycles. The van der Waals surface area contributed by atoms with Crippen LogP contribution < -0.4 is 16.8 Å². The zero-order chi connectivity index (χ0) is 13.0. The highest BCUT2D eigenvalue weighted by Crippen LogP contribution is 1.86. The van der Waals surface area contributed by atoms with Crippen molar-refractivity contribution in [1.29, 1.82) is 0 Å². The van der Waals surface area contributed by atoms with Crippen molar-refractivity contribution in [2.24, 2.45) is 11.5 Å². The summed E-state index contributed by atoms with van der Waals surface area (Å²) in [5, 5.41) is 27.1. The first-order valence-corrected chi connectivity index (χ1v) is 4.67. The second-order valence-electron chi connectivity index (χ2n) is 2.80. The number of carboxylic acid groups (broad SMARTS) is 2. The zero-order valence-corrected chi connectivity index (χ0v) is 8.93. The van der Waals surface area contributed by atoms with Gasteiger partial charge in [-0.15, -0.1) is 0 Å². The maximum atomic E-state index is 9.85. The van der Waals surface area contributed by atoms with E-state index in [1.54, 1.807) is 0 Å². The second-order valence-corrected chi connectivity index (χ2v) is 2.80. The summed E-state index contributed by atoms with van der Waals surface area (Å²) in [6, 6.07) is -1.29. The average molecular weight is 237 g/mol. The van der Waals surface area contributed by atoms with E-state index in [0.717, 1.165) is 6.54 Å².